The fraction of sp³-hybridized carbons (Fsp3) is 0.250. The molecular formula is C16H18BrNO3S. The molecular weight excluding hydrogens is 366 g/mol. The van der Waals surface area contributed by atoms with E-state index in [2.05, 4.69) is 15.9 Å². The van der Waals surface area contributed by atoms with Crippen LogP contribution in [0.2, 0.25) is 0 Å². The first-order valence-corrected chi connectivity index (χ1v) is 9.04. The largest absolute Gasteiger partial charge is 0.492 e. The number of sulfonamides is 1. The van der Waals surface area contributed by atoms with Crippen LogP contribution in [0.5, 0.6) is 5.75 Å². The molecule has 0 heterocycles. The predicted octanol–water partition coefficient (Wildman–Crippen LogP) is 3.46. The van der Waals surface area contributed by atoms with Crippen LogP contribution in [0.4, 0.5) is 0 Å². The molecule has 0 saturated heterocycles. The van der Waals surface area contributed by atoms with E-state index in [1.807, 2.05) is 31.2 Å². The molecule has 0 aromatic heterocycles. The molecule has 0 atom stereocenters. The van der Waals surface area contributed by atoms with E-state index >= 15 is 0 Å². The van der Waals surface area contributed by atoms with E-state index in [1.54, 1.807) is 31.3 Å². The van der Waals surface area contributed by atoms with E-state index in [0.717, 1.165) is 10.0 Å². The average molecular weight is 384 g/mol. The lowest BCUT2D eigenvalue weighted by Crippen LogP contribution is -2.31. The number of hydrogen-bond donors (Lipinski definition) is 0. The van der Waals surface area contributed by atoms with Gasteiger partial charge in [0.15, 0.2) is 0 Å². The van der Waals surface area contributed by atoms with Gasteiger partial charge in [-0.1, -0.05) is 39.7 Å². The number of ether oxygens (including phenoxy) is 1. The summed E-state index contributed by atoms with van der Waals surface area (Å²) in [5.41, 5.74) is 1.03. The Labute approximate surface area is 139 Å². The normalized spacial score (nSPS) is 11.6. The maximum atomic E-state index is 12.4. The van der Waals surface area contributed by atoms with Gasteiger partial charge in [-0.15, -0.1) is 0 Å². The third kappa shape index (κ3) is 4.32. The van der Waals surface area contributed by atoms with Crippen molar-refractivity contribution in [1.82, 2.24) is 4.31 Å². The summed E-state index contributed by atoms with van der Waals surface area (Å²) in [5, 5.41) is 0. The number of aryl methyl sites for hydroxylation is 1. The topological polar surface area (TPSA) is 46.6 Å². The third-order valence-corrected chi connectivity index (χ3v) is 5.56. The summed E-state index contributed by atoms with van der Waals surface area (Å²) in [6.45, 7) is 2.49. The summed E-state index contributed by atoms with van der Waals surface area (Å²) >= 11 is 3.36. The van der Waals surface area contributed by atoms with Crippen molar-refractivity contribution in [3.8, 4) is 5.75 Å². The van der Waals surface area contributed by atoms with Crippen molar-refractivity contribution in [2.75, 3.05) is 20.2 Å². The van der Waals surface area contributed by atoms with Crippen molar-refractivity contribution in [1.29, 1.82) is 0 Å². The lowest BCUT2D eigenvalue weighted by molar-refractivity contribution is 0.287. The standard InChI is InChI=1S/C16H18BrNO3S/c1-13-6-8-16(9-7-13)22(19,20)18(2)10-11-21-15-5-3-4-14(17)12-15/h3-9,12H,10-11H2,1-2H3. The number of rotatable bonds is 6. The van der Waals surface area contributed by atoms with Crippen LogP contribution in [0, 0.1) is 6.92 Å². The van der Waals surface area contributed by atoms with E-state index in [1.165, 1.54) is 4.31 Å². The zero-order chi connectivity index (χ0) is 16.2. The number of likely N-dealkylation sites (N-methyl/N-ethyl adjacent to an activating group) is 1. The molecule has 0 unspecified atom stereocenters. The summed E-state index contributed by atoms with van der Waals surface area (Å²) in [5.74, 6) is 0.704. The highest BCUT2D eigenvalue weighted by Gasteiger charge is 2.20. The van der Waals surface area contributed by atoms with E-state index in [9.17, 15) is 8.42 Å². The molecule has 2 aromatic rings. The molecule has 4 nitrogen and oxygen atoms in total. The van der Waals surface area contributed by atoms with Gasteiger partial charge in [-0.25, -0.2) is 8.42 Å². The number of benzene rings is 2. The second kappa shape index (κ2) is 7.26. The Bertz CT molecular complexity index is 729. The van der Waals surface area contributed by atoms with Gasteiger partial charge in [0, 0.05) is 18.1 Å². The van der Waals surface area contributed by atoms with Crippen LogP contribution in [0.25, 0.3) is 0 Å². The molecule has 2 aromatic carbocycles. The molecule has 0 bridgehead atoms. The Morgan fingerprint density at radius 1 is 1.14 bits per heavy atom. The molecule has 0 aliphatic carbocycles. The molecule has 0 fully saturated rings. The highest BCUT2D eigenvalue weighted by atomic mass is 79.9. The van der Waals surface area contributed by atoms with Crippen LogP contribution in [-0.2, 0) is 10.0 Å². The molecule has 0 aliphatic rings. The molecule has 6 heteroatoms. The van der Waals surface area contributed by atoms with Crippen LogP contribution in [0.3, 0.4) is 0 Å². The van der Waals surface area contributed by atoms with E-state index < -0.39 is 10.0 Å². The van der Waals surface area contributed by atoms with Gasteiger partial charge in [0.25, 0.3) is 0 Å². The number of halogens is 1. The zero-order valence-corrected chi connectivity index (χ0v) is 14.9. The fourth-order valence-electron chi connectivity index (χ4n) is 1.86. The van der Waals surface area contributed by atoms with Crippen molar-refractivity contribution < 1.29 is 13.2 Å². The van der Waals surface area contributed by atoms with Crippen molar-refractivity contribution in [2.24, 2.45) is 0 Å². The average Bonchev–Trinajstić information content (AvgIpc) is 2.47. The fourth-order valence-corrected chi connectivity index (χ4v) is 3.39. The number of hydrogen-bond acceptors (Lipinski definition) is 3. The predicted molar refractivity (Wildman–Crippen MR) is 90.6 cm³/mol. The number of nitrogens with zero attached hydrogens (tertiary/aromatic N) is 1. The van der Waals surface area contributed by atoms with Crippen molar-refractivity contribution in [2.45, 2.75) is 11.8 Å². The second-order valence-electron chi connectivity index (χ2n) is 4.95. The van der Waals surface area contributed by atoms with Crippen LogP contribution < -0.4 is 4.74 Å². The molecule has 0 radical (unpaired) electrons. The van der Waals surface area contributed by atoms with Gasteiger partial charge in [-0.3, -0.25) is 0 Å². The second-order valence-corrected chi connectivity index (χ2v) is 7.91. The SMILES string of the molecule is Cc1ccc(S(=O)(=O)N(C)CCOc2cccc(Br)c2)cc1. The maximum Gasteiger partial charge on any atom is 0.242 e. The summed E-state index contributed by atoms with van der Waals surface area (Å²) < 4.78 is 32.6. The van der Waals surface area contributed by atoms with Crippen molar-refractivity contribution >= 4 is 26.0 Å². The summed E-state index contributed by atoms with van der Waals surface area (Å²) in [4.78, 5) is 0.294. The van der Waals surface area contributed by atoms with Crippen molar-refractivity contribution in [3.63, 3.8) is 0 Å². The first kappa shape index (κ1) is 17.0. The van der Waals surface area contributed by atoms with Gasteiger partial charge < -0.3 is 4.74 Å². The first-order chi connectivity index (χ1) is 10.4. The van der Waals surface area contributed by atoms with Crippen molar-refractivity contribution in [3.05, 3.63) is 58.6 Å². The minimum atomic E-state index is -3.47. The van der Waals surface area contributed by atoms with E-state index in [4.69, 9.17) is 4.74 Å². The van der Waals surface area contributed by atoms with E-state index in [-0.39, 0.29) is 13.2 Å². The third-order valence-electron chi connectivity index (χ3n) is 3.20. The molecule has 0 saturated carbocycles. The Kier molecular flexibility index (Phi) is 5.61. The lowest BCUT2D eigenvalue weighted by Gasteiger charge is -2.17. The molecule has 2 rings (SSSR count). The van der Waals surface area contributed by atoms with E-state index in [0.29, 0.717) is 10.6 Å². The summed E-state index contributed by atoms with van der Waals surface area (Å²) in [6.07, 6.45) is 0. The Morgan fingerprint density at radius 2 is 1.82 bits per heavy atom. The molecule has 0 N–H and O–H groups in total. The highest BCUT2D eigenvalue weighted by Crippen LogP contribution is 2.18. The van der Waals surface area contributed by atoms with Crippen LogP contribution in [-0.4, -0.2) is 32.9 Å². The molecule has 0 spiro atoms. The molecule has 22 heavy (non-hydrogen) atoms. The molecule has 0 amide bonds. The molecule has 118 valence electrons. The monoisotopic (exact) mass is 383 g/mol. The van der Waals surface area contributed by atoms with Gasteiger partial charge in [-0.2, -0.15) is 4.31 Å². The Morgan fingerprint density at radius 3 is 2.45 bits per heavy atom. The minimum Gasteiger partial charge on any atom is -0.492 e. The Balaban J connectivity index is 1.96. The smallest absolute Gasteiger partial charge is 0.242 e. The van der Waals surface area contributed by atoms with Crippen LogP contribution in [0.15, 0.2) is 57.9 Å². The zero-order valence-electron chi connectivity index (χ0n) is 12.5. The highest BCUT2D eigenvalue weighted by molar-refractivity contribution is 9.10. The van der Waals surface area contributed by atoms with Gasteiger partial charge in [-0.05, 0) is 37.3 Å². The minimum absolute atomic E-state index is 0.280. The van der Waals surface area contributed by atoms with Crippen LogP contribution in [0.1, 0.15) is 5.56 Å². The summed E-state index contributed by atoms with van der Waals surface area (Å²) in [6, 6.07) is 14.3. The lowest BCUT2D eigenvalue weighted by atomic mass is 10.2. The first-order valence-electron chi connectivity index (χ1n) is 6.81. The van der Waals surface area contributed by atoms with Gasteiger partial charge >= 0.3 is 0 Å². The van der Waals surface area contributed by atoms with Gasteiger partial charge in [0.2, 0.25) is 10.0 Å². The maximum absolute atomic E-state index is 12.4. The van der Waals surface area contributed by atoms with Crippen LogP contribution >= 0.6 is 15.9 Å². The quantitative estimate of drug-likeness (QED) is 0.767. The van der Waals surface area contributed by atoms with Gasteiger partial charge in [0.1, 0.15) is 12.4 Å². The van der Waals surface area contributed by atoms with Gasteiger partial charge in [0.05, 0.1) is 4.90 Å². The molecule has 0 aliphatic heterocycles. The Hall–Kier alpha value is -1.37. The summed E-state index contributed by atoms with van der Waals surface area (Å²) in [7, 11) is -1.92.